The van der Waals surface area contributed by atoms with E-state index in [-0.39, 0.29) is 17.3 Å². The van der Waals surface area contributed by atoms with Gasteiger partial charge in [0.1, 0.15) is 5.82 Å². The molecule has 1 heterocycles. The van der Waals surface area contributed by atoms with Crippen LogP contribution in [0.4, 0.5) is 17.6 Å². The van der Waals surface area contributed by atoms with E-state index in [4.69, 9.17) is 0 Å². The van der Waals surface area contributed by atoms with Crippen LogP contribution in [-0.4, -0.2) is 38.4 Å². The average molecular weight is 456 g/mol. The van der Waals surface area contributed by atoms with Gasteiger partial charge in [-0.1, -0.05) is 18.2 Å². The van der Waals surface area contributed by atoms with Crippen molar-refractivity contribution in [3.05, 3.63) is 71.6 Å². The molecule has 0 aliphatic carbocycles. The second-order valence-electron chi connectivity index (χ2n) is 7.16. The summed E-state index contributed by atoms with van der Waals surface area (Å²) < 4.78 is 78.6. The molecule has 1 aliphatic heterocycles. The van der Waals surface area contributed by atoms with Crippen LogP contribution in [0.1, 0.15) is 24.0 Å². The minimum atomic E-state index is -4.43. The number of carbonyl (C=O) groups excluding carboxylic acids is 1. The molecule has 0 aromatic heterocycles. The van der Waals surface area contributed by atoms with Crippen LogP contribution in [-0.2, 0) is 21.0 Å². The molecule has 1 aliphatic rings. The van der Waals surface area contributed by atoms with E-state index < -0.39 is 33.6 Å². The van der Waals surface area contributed by atoms with Crippen LogP contribution in [0.2, 0.25) is 0 Å². The molecule has 1 amide bonds. The van der Waals surface area contributed by atoms with Crippen LogP contribution in [0, 0.1) is 5.82 Å². The molecular formula is C21H20F4N2O3S. The summed E-state index contributed by atoms with van der Waals surface area (Å²) in [5.74, 6) is -1.05. The van der Waals surface area contributed by atoms with Gasteiger partial charge in [0, 0.05) is 25.2 Å². The topological polar surface area (TPSA) is 66.5 Å². The Balaban J connectivity index is 1.62. The number of halogens is 4. The number of nitrogens with one attached hydrogen (secondary N) is 1. The molecule has 1 unspecified atom stereocenters. The number of likely N-dealkylation sites (tertiary alicyclic amines) is 1. The van der Waals surface area contributed by atoms with Gasteiger partial charge in [-0.05, 0) is 54.8 Å². The first-order valence-electron chi connectivity index (χ1n) is 9.47. The first-order chi connectivity index (χ1) is 14.5. The Morgan fingerprint density at radius 2 is 1.84 bits per heavy atom. The number of hydrogen-bond acceptors (Lipinski definition) is 3. The van der Waals surface area contributed by atoms with Crippen molar-refractivity contribution >= 4 is 22.0 Å². The number of piperidine rings is 1. The van der Waals surface area contributed by atoms with Crippen molar-refractivity contribution in [3.63, 3.8) is 0 Å². The van der Waals surface area contributed by atoms with Gasteiger partial charge in [-0.3, -0.25) is 4.79 Å². The Labute approximate surface area is 177 Å². The van der Waals surface area contributed by atoms with Gasteiger partial charge in [-0.15, -0.1) is 0 Å². The number of hydrogen-bond donors (Lipinski definition) is 1. The monoisotopic (exact) mass is 456 g/mol. The number of sulfonamides is 1. The van der Waals surface area contributed by atoms with Crippen molar-refractivity contribution in [2.75, 3.05) is 13.1 Å². The van der Waals surface area contributed by atoms with Crippen LogP contribution in [0.3, 0.4) is 0 Å². The summed E-state index contributed by atoms with van der Waals surface area (Å²) in [6, 6.07) is 8.49. The van der Waals surface area contributed by atoms with Crippen molar-refractivity contribution in [2.45, 2.75) is 30.0 Å². The van der Waals surface area contributed by atoms with Gasteiger partial charge in [-0.2, -0.15) is 13.2 Å². The number of rotatable bonds is 5. The highest BCUT2D eigenvalue weighted by Crippen LogP contribution is 2.29. The van der Waals surface area contributed by atoms with Crippen molar-refractivity contribution in [2.24, 2.45) is 0 Å². The Bertz CT molecular complexity index is 1070. The van der Waals surface area contributed by atoms with Gasteiger partial charge in [0.2, 0.25) is 15.9 Å². The molecular weight excluding hydrogens is 436 g/mol. The molecule has 1 fully saturated rings. The number of benzene rings is 2. The predicted molar refractivity (Wildman–Crippen MR) is 107 cm³/mol. The molecule has 1 atom stereocenters. The fourth-order valence-corrected chi connectivity index (χ4v) is 4.54. The highest BCUT2D eigenvalue weighted by molar-refractivity contribution is 7.89. The van der Waals surface area contributed by atoms with Gasteiger partial charge in [-0.25, -0.2) is 17.5 Å². The van der Waals surface area contributed by atoms with Gasteiger partial charge in [0.15, 0.2) is 0 Å². The predicted octanol–water partition coefficient (Wildman–Crippen LogP) is 3.83. The van der Waals surface area contributed by atoms with Gasteiger partial charge < -0.3 is 4.90 Å². The summed E-state index contributed by atoms with van der Waals surface area (Å²) in [5.41, 5.74) is -0.345. The third-order valence-electron chi connectivity index (χ3n) is 4.82. The first-order valence-corrected chi connectivity index (χ1v) is 10.9. The number of nitrogens with zero attached hydrogens (tertiary/aromatic N) is 1. The molecule has 0 spiro atoms. The van der Waals surface area contributed by atoms with E-state index in [0.717, 1.165) is 24.3 Å². The molecule has 31 heavy (non-hydrogen) atoms. The number of carbonyl (C=O) groups is 1. The summed E-state index contributed by atoms with van der Waals surface area (Å²) in [4.78, 5) is 13.7. The molecule has 5 nitrogen and oxygen atoms in total. The second kappa shape index (κ2) is 9.19. The zero-order chi connectivity index (χ0) is 22.6. The molecule has 0 bridgehead atoms. The van der Waals surface area contributed by atoms with Crippen LogP contribution in [0.5, 0.6) is 0 Å². The fraction of sp³-hybridized carbons (Fsp3) is 0.286. The van der Waals surface area contributed by atoms with Crippen LogP contribution >= 0.6 is 0 Å². The SMILES string of the molecule is O=C(C=Cc1ccc(C(F)(F)F)cc1)N1CCCC(NS(=O)(=O)c2cccc(F)c2)C1. The van der Waals surface area contributed by atoms with Crippen LogP contribution in [0.25, 0.3) is 6.08 Å². The molecule has 2 aromatic rings. The van der Waals surface area contributed by atoms with Crippen molar-refractivity contribution in [1.82, 2.24) is 9.62 Å². The largest absolute Gasteiger partial charge is 0.416 e. The van der Waals surface area contributed by atoms with E-state index in [1.807, 2.05) is 0 Å². The standard InChI is InChI=1S/C21H20F4N2O3S/c22-17-3-1-5-19(13-17)31(29,30)26-18-4-2-12-27(14-18)20(28)11-8-15-6-9-16(10-7-15)21(23,24)25/h1,3,5-11,13,18,26H,2,4,12,14H2. The van der Waals surface area contributed by atoms with E-state index in [9.17, 15) is 30.8 Å². The highest BCUT2D eigenvalue weighted by atomic mass is 32.2. The van der Waals surface area contributed by atoms with Gasteiger partial charge in [0.25, 0.3) is 0 Å². The van der Waals surface area contributed by atoms with Crippen LogP contribution in [0.15, 0.2) is 59.5 Å². The molecule has 1 saturated heterocycles. The van der Waals surface area contributed by atoms with Gasteiger partial charge >= 0.3 is 6.18 Å². The first kappa shape index (κ1) is 23.0. The van der Waals surface area contributed by atoms with E-state index >= 15 is 0 Å². The Hall–Kier alpha value is -2.72. The molecule has 10 heteroatoms. The smallest absolute Gasteiger partial charge is 0.338 e. The molecule has 1 N–H and O–H groups in total. The summed E-state index contributed by atoms with van der Waals surface area (Å²) in [6.45, 7) is 0.555. The van der Waals surface area contributed by atoms with Crippen molar-refractivity contribution in [3.8, 4) is 0 Å². The van der Waals surface area contributed by atoms with E-state index in [1.54, 1.807) is 0 Å². The maximum Gasteiger partial charge on any atom is 0.416 e. The Kier molecular flexibility index (Phi) is 6.80. The lowest BCUT2D eigenvalue weighted by molar-refractivity contribution is -0.137. The van der Waals surface area contributed by atoms with E-state index in [2.05, 4.69) is 4.72 Å². The minimum absolute atomic E-state index is 0.130. The quantitative estimate of drug-likeness (QED) is 0.550. The average Bonchev–Trinajstić information content (AvgIpc) is 2.71. The zero-order valence-electron chi connectivity index (χ0n) is 16.3. The molecule has 0 radical (unpaired) electrons. The maximum absolute atomic E-state index is 13.3. The van der Waals surface area contributed by atoms with Crippen LogP contribution < -0.4 is 4.72 Å². The van der Waals surface area contributed by atoms with Crippen molar-refractivity contribution < 1.29 is 30.8 Å². The summed E-state index contributed by atoms with van der Waals surface area (Å²) in [7, 11) is -3.94. The van der Waals surface area contributed by atoms with E-state index in [1.165, 1.54) is 41.3 Å². The lowest BCUT2D eigenvalue weighted by Gasteiger charge is -2.32. The lowest BCUT2D eigenvalue weighted by atomic mass is 10.1. The summed E-state index contributed by atoms with van der Waals surface area (Å²) >= 11 is 0. The van der Waals surface area contributed by atoms with E-state index in [0.29, 0.717) is 24.9 Å². The minimum Gasteiger partial charge on any atom is -0.338 e. The zero-order valence-corrected chi connectivity index (χ0v) is 17.1. The number of amides is 1. The molecule has 0 saturated carbocycles. The maximum atomic E-state index is 13.3. The second-order valence-corrected chi connectivity index (χ2v) is 8.87. The Morgan fingerprint density at radius 3 is 2.48 bits per heavy atom. The highest BCUT2D eigenvalue weighted by Gasteiger charge is 2.30. The molecule has 3 rings (SSSR count). The third-order valence-corrected chi connectivity index (χ3v) is 6.34. The summed E-state index contributed by atoms with van der Waals surface area (Å²) in [6.07, 6.45) is -0.702. The van der Waals surface area contributed by atoms with Crippen molar-refractivity contribution in [1.29, 1.82) is 0 Å². The Morgan fingerprint density at radius 1 is 1.13 bits per heavy atom. The van der Waals surface area contributed by atoms with Gasteiger partial charge in [0.05, 0.1) is 10.5 Å². The summed E-state index contributed by atoms with van der Waals surface area (Å²) in [5, 5.41) is 0. The number of alkyl halides is 3. The lowest BCUT2D eigenvalue weighted by Crippen LogP contribution is -2.49. The third kappa shape index (κ3) is 6.14. The molecule has 166 valence electrons. The molecule has 2 aromatic carbocycles. The normalized spacial score (nSPS) is 17.8. The fourth-order valence-electron chi connectivity index (χ4n) is 3.25.